The Balaban J connectivity index is 1.88. The SMILES string of the molecule is CC(C)n1cc(Cl)cc1C(=O)NCC[C@@H]1CCCN1. The van der Waals surface area contributed by atoms with Gasteiger partial charge in [-0.25, -0.2) is 0 Å². The Kier molecular flexibility index (Phi) is 4.88. The molecule has 19 heavy (non-hydrogen) atoms. The highest BCUT2D eigenvalue weighted by Gasteiger charge is 2.17. The Bertz CT molecular complexity index is 436. The molecule has 1 aliphatic rings. The third-order valence-electron chi connectivity index (χ3n) is 3.54. The number of aromatic nitrogens is 1. The number of carbonyl (C=O) groups excluding carboxylic acids is 1. The van der Waals surface area contributed by atoms with E-state index in [9.17, 15) is 4.79 Å². The standard InChI is InChI=1S/C14H22ClN3O/c1-10(2)18-9-11(15)8-13(18)14(19)17-7-5-12-4-3-6-16-12/h8-10,12,16H,3-7H2,1-2H3,(H,17,19)/t12-/m0/s1. The maximum absolute atomic E-state index is 12.1. The Morgan fingerprint density at radius 3 is 3.05 bits per heavy atom. The fourth-order valence-corrected chi connectivity index (χ4v) is 2.72. The Morgan fingerprint density at radius 2 is 2.42 bits per heavy atom. The Morgan fingerprint density at radius 1 is 1.63 bits per heavy atom. The van der Waals surface area contributed by atoms with Gasteiger partial charge in [0, 0.05) is 24.8 Å². The topological polar surface area (TPSA) is 46.1 Å². The lowest BCUT2D eigenvalue weighted by Gasteiger charge is -2.14. The summed E-state index contributed by atoms with van der Waals surface area (Å²) in [5, 5.41) is 7.01. The van der Waals surface area contributed by atoms with Crippen molar-refractivity contribution < 1.29 is 4.79 Å². The summed E-state index contributed by atoms with van der Waals surface area (Å²) in [5.74, 6) is -0.0430. The first-order chi connectivity index (χ1) is 9.08. The van der Waals surface area contributed by atoms with E-state index < -0.39 is 0 Å². The molecule has 0 bridgehead atoms. The quantitative estimate of drug-likeness (QED) is 0.872. The third kappa shape index (κ3) is 3.74. The van der Waals surface area contributed by atoms with Crippen LogP contribution in [0.25, 0.3) is 0 Å². The van der Waals surface area contributed by atoms with Crippen LogP contribution in [0, 0.1) is 0 Å². The number of carbonyl (C=O) groups is 1. The summed E-state index contributed by atoms with van der Waals surface area (Å²) in [4.78, 5) is 12.1. The summed E-state index contributed by atoms with van der Waals surface area (Å²) in [6.07, 6.45) is 5.25. The predicted molar refractivity (Wildman–Crippen MR) is 77.8 cm³/mol. The van der Waals surface area contributed by atoms with Crippen molar-refractivity contribution in [2.24, 2.45) is 0 Å². The minimum absolute atomic E-state index is 0.0430. The molecule has 2 N–H and O–H groups in total. The highest BCUT2D eigenvalue weighted by molar-refractivity contribution is 6.31. The van der Waals surface area contributed by atoms with Crippen LogP contribution in [0.3, 0.4) is 0 Å². The maximum atomic E-state index is 12.1. The average molecular weight is 284 g/mol. The summed E-state index contributed by atoms with van der Waals surface area (Å²) in [5.41, 5.74) is 0.638. The molecule has 2 heterocycles. The third-order valence-corrected chi connectivity index (χ3v) is 3.75. The highest BCUT2D eigenvalue weighted by atomic mass is 35.5. The minimum atomic E-state index is -0.0430. The van der Waals surface area contributed by atoms with E-state index in [4.69, 9.17) is 11.6 Å². The van der Waals surface area contributed by atoms with Crippen LogP contribution in [0.1, 0.15) is 49.6 Å². The van der Waals surface area contributed by atoms with Gasteiger partial charge in [0.25, 0.3) is 5.91 Å². The molecule has 106 valence electrons. The maximum Gasteiger partial charge on any atom is 0.267 e. The number of amides is 1. The lowest BCUT2D eigenvalue weighted by Crippen LogP contribution is -2.31. The van der Waals surface area contributed by atoms with Crippen molar-refractivity contribution in [2.45, 2.75) is 45.2 Å². The fourth-order valence-electron chi connectivity index (χ4n) is 2.51. The number of nitrogens with zero attached hydrogens (tertiary/aromatic N) is 1. The van der Waals surface area contributed by atoms with Gasteiger partial charge in [-0.3, -0.25) is 4.79 Å². The van der Waals surface area contributed by atoms with Gasteiger partial charge in [0.05, 0.1) is 5.02 Å². The van der Waals surface area contributed by atoms with Crippen molar-refractivity contribution in [3.8, 4) is 0 Å². The van der Waals surface area contributed by atoms with E-state index in [0.717, 1.165) is 13.0 Å². The number of halogens is 1. The van der Waals surface area contributed by atoms with Crippen LogP contribution >= 0.6 is 11.6 Å². The highest BCUT2D eigenvalue weighted by Crippen LogP contribution is 2.18. The molecule has 0 aromatic carbocycles. The van der Waals surface area contributed by atoms with Gasteiger partial charge in [-0.2, -0.15) is 0 Å². The zero-order chi connectivity index (χ0) is 13.8. The first-order valence-electron chi connectivity index (χ1n) is 6.97. The van der Waals surface area contributed by atoms with Crippen molar-refractivity contribution in [1.82, 2.24) is 15.2 Å². The van der Waals surface area contributed by atoms with Gasteiger partial charge in [-0.05, 0) is 45.7 Å². The van der Waals surface area contributed by atoms with Crippen LogP contribution in [-0.2, 0) is 0 Å². The molecule has 0 aliphatic carbocycles. The minimum Gasteiger partial charge on any atom is -0.351 e. The van der Waals surface area contributed by atoms with Crippen LogP contribution in [0.5, 0.6) is 0 Å². The van der Waals surface area contributed by atoms with Crippen LogP contribution < -0.4 is 10.6 Å². The van der Waals surface area contributed by atoms with E-state index in [2.05, 4.69) is 10.6 Å². The zero-order valence-corrected chi connectivity index (χ0v) is 12.3. The predicted octanol–water partition coefficient (Wildman–Crippen LogP) is 2.59. The second kappa shape index (κ2) is 6.44. The van der Waals surface area contributed by atoms with Gasteiger partial charge in [0.1, 0.15) is 5.69 Å². The molecule has 1 aliphatic heterocycles. The number of rotatable bonds is 5. The largest absolute Gasteiger partial charge is 0.351 e. The molecule has 0 spiro atoms. The van der Waals surface area contributed by atoms with Crippen LogP contribution in [0.15, 0.2) is 12.3 Å². The molecule has 5 heteroatoms. The number of nitrogens with one attached hydrogen (secondary N) is 2. The van der Waals surface area contributed by atoms with Crippen molar-refractivity contribution in [2.75, 3.05) is 13.1 Å². The number of hydrogen-bond donors (Lipinski definition) is 2. The summed E-state index contributed by atoms with van der Waals surface area (Å²) in [6, 6.07) is 2.51. The van der Waals surface area contributed by atoms with E-state index in [1.54, 1.807) is 12.3 Å². The molecule has 0 radical (unpaired) electrons. The van der Waals surface area contributed by atoms with Crippen molar-refractivity contribution >= 4 is 17.5 Å². The molecule has 1 saturated heterocycles. The van der Waals surface area contributed by atoms with Gasteiger partial charge in [0.2, 0.25) is 0 Å². The van der Waals surface area contributed by atoms with Gasteiger partial charge >= 0.3 is 0 Å². The van der Waals surface area contributed by atoms with Crippen LogP contribution in [0.2, 0.25) is 5.02 Å². The van der Waals surface area contributed by atoms with Gasteiger partial charge in [-0.1, -0.05) is 11.6 Å². The van der Waals surface area contributed by atoms with E-state index in [-0.39, 0.29) is 11.9 Å². The first-order valence-corrected chi connectivity index (χ1v) is 7.34. The van der Waals surface area contributed by atoms with Crippen molar-refractivity contribution in [1.29, 1.82) is 0 Å². The lowest BCUT2D eigenvalue weighted by molar-refractivity contribution is 0.0941. The van der Waals surface area contributed by atoms with Crippen LogP contribution in [0.4, 0.5) is 0 Å². The Labute approximate surface area is 119 Å². The zero-order valence-electron chi connectivity index (χ0n) is 11.6. The fraction of sp³-hybridized carbons (Fsp3) is 0.643. The molecule has 0 unspecified atom stereocenters. The monoisotopic (exact) mass is 283 g/mol. The summed E-state index contributed by atoms with van der Waals surface area (Å²) in [6.45, 7) is 5.88. The molecule has 0 saturated carbocycles. The van der Waals surface area contributed by atoms with Crippen molar-refractivity contribution in [3.05, 3.63) is 23.0 Å². The molecule has 1 fully saturated rings. The van der Waals surface area contributed by atoms with E-state index in [1.165, 1.54) is 12.8 Å². The van der Waals surface area contributed by atoms with E-state index >= 15 is 0 Å². The lowest BCUT2D eigenvalue weighted by atomic mass is 10.1. The average Bonchev–Trinajstić information content (AvgIpc) is 2.98. The van der Waals surface area contributed by atoms with Gasteiger partial charge in [-0.15, -0.1) is 0 Å². The second-order valence-electron chi connectivity index (χ2n) is 5.38. The molecule has 1 atom stereocenters. The summed E-state index contributed by atoms with van der Waals surface area (Å²) in [7, 11) is 0. The summed E-state index contributed by atoms with van der Waals surface area (Å²) < 4.78 is 1.91. The van der Waals surface area contributed by atoms with Gasteiger partial charge < -0.3 is 15.2 Å². The van der Waals surface area contributed by atoms with Gasteiger partial charge in [0.15, 0.2) is 0 Å². The molecular weight excluding hydrogens is 262 g/mol. The number of hydrogen-bond acceptors (Lipinski definition) is 2. The first kappa shape index (κ1) is 14.4. The molecular formula is C14H22ClN3O. The molecule has 2 rings (SSSR count). The molecule has 1 amide bonds. The molecule has 4 nitrogen and oxygen atoms in total. The van der Waals surface area contributed by atoms with E-state index in [0.29, 0.717) is 23.3 Å². The normalized spacial score (nSPS) is 19.1. The van der Waals surface area contributed by atoms with Crippen molar-refractivity contribution in [3.63, 3.8) is 0 Å². The smallest absolute Gasteiger partial charge is 0.267 e. The van der Waals surface area contributed by atoms with E-state index in [1.807, 2.05) is 18.4 Å². The Hall–Kier alpha value is -1.00. The molecule has 1 aromatic rings. The molecule has 1 aromatic heterocycles. The summed E-state index contributed by atoms with van der Waals surface area (Å²) >= 11 is 5.98. The van der Waals surface area contributed by atoms with Crippen LogP contribution in [-0.4, -0.2) is 29.6 Å². The second-order valence-corrected chi connectivity index (χ2v) is 5.82.